The summed E-state index contributed by atoms with van der Waals surface area (Å²) in [5.41, 5.74) is -0.343. The number of nitrogens with one attached hydrogen (secondary N) is 1. The lowest BCUT2D eigenvalue weighted by molar-refractivity contribution is -0.385. The summed E-state index contributed by atoms with van der Waals surface area (Å²) in [6.07, 6.45) is 0. The van der Waals surface area contributed by atoms with Crippen molar-refractivity contribution in [2.75, 3.05) is 0 Å². The fraction of sp³-hybridized carbons (Fsp3) is 0.0714. The highest BCUT2D eigenvalue weighted by Crippen LogP contribution is 2.28. The van der Waals surface area contributed by atoms with Crippen molar-refractivity contribution in [2.24, 2.45) is 0 Å². The average molecular weight is 309 g/mol. The Morgan fingerprint density at radius 3 is 2.62 bits per heavy atom. The van der Waals surface area contributed by atoms with Crippen molar-refractivity contribution >= 4 is 23.2 Å². The Hall–Kier alpha value is -2.47. The van der Waals surface area contributed by atoms with Gasteiger partial charge in [-0.15, -0.1) is 0 Å². The lowest BCUT2D eigenvalue weighted by atomic mass is 10.1. The van der Waals surface area contributed by atoms with Crippen molar-refractivity contribution in [3.63, 3.8) is 0 Å². The zero-order chi connectivity index (χ0) is 15.4. The number of nitro benzene ring substituents is 1. The van der Waals surface area contributed by atoms with Gasteiger partial charge in [0.2, 0.25) is 0 Å². The molecule has 0 atom stereocenters. The molecular formula is C14H10ClFN2O3. The molecule has 0 bridgehead atoms. The van der Waals surface area contributed by atoms with Gasteiger partial charge in [0.25, 0.3) is 5.91 Å². The fourth-order valence-corrected chi connectivity index (χ4v) is 2.04. The topological polar surface area (TPSA) is 72.2 Å². The molecule has 1 amide bonds. The monoisotopic (exact) mass is 308 g/mol. The van der Waals surface area contributed by atoms with Crippen LogP contribution in [0.3, 0.4) is 0 Å². The lowest BCUT2D eigenvalue weighted by Gasteiger charge is -2.07. The van der Waals surface area contributed by atoms with Crippen LogP contribution in [0, 0.1) is 15.9 Å². The number of nitro groups is 1. The molecule has 0 aromatic heterocycles. The van der Waals surface area contributed by atoms with E-state index in [0.29, 0.717) is 0 Å². The van der Waals surface area contributed by atoms with Crippen LogP contribution in [0.5, 0.6) is 0 Å². The van der Waals surface area contributed by atoms with Crippen LogP contribution >= 0.6 is 11.6 Å². The van der Waals surface area contributed by atoms with Gasteiger partial charge < -0.3 is 5.32 Å². The quantitative estimate of drug-likeness (QED) is 0.695. The standard InChI is InChI=1S/C14H10ClFN2O3/c15-11-6-3-5-10(13(11)18(20)21)14(19)17-8-9-4-1-2-7-12(9)16/h1-7H,8H2,(H,17,19). The molecule has 2 aromatic carbocycles. The van der Waals surface area contributed by atoms with E-state index in [0.717, 1.165) is 0 Å². The first-order valence-corrected chi connectivity index (χ1v) is 6.33. The number of halogens is 2. The highest BCUT2D eigenvalue weighted by atomic mass is 35.5. The van der Waals surface area contributed by atoms with Crippen LogP contribution in [0.2, 0.25) is 5.02 Å². The van der Waals surface area contributed by atoms with E-state index in [1.165, 1.54) is 36.4 Å². The molecule has 108 valence electrons. The first kappa shape index (κ1) is 14.9. The summed E-state index contributed by atoms with van der Waals surface area (Å²) < 4.78 is 13.4. The van der Waals surface area contributed by atoms with E-state index in [1.54, 1.807) is 6.07 Å². The second-order valence-corrected chi connectivity index (χ2v) is 4.57. The Kier molecular flexibility index (Phi) is 4.49. The van der Waals surface area contributed by atoms with E-state index < -0.39 is 22.3 Å². The molecule has 0 fully saturated rings. The first-order valence-electron chi connectivity index (χ1n) is 5.95. The molecule has 0 aliphatic carbocycles. The second-order valence-electron chi connectivity index (χ2n) is 4.17. The number of carbonyl (C=O) groups is 1. The zero-order valence-corrected chi connectivity index (χ0v) is 11.4. The molecule has 0 spiro atoms. The van der Waals surface area contributed by atoms with Crippen LogP contribution in [0.15, 0.2) is 42.5 Å². The third-order valence-electron chi connectivity index (χ3n) is 2.81. The molecule has 2 aromatic rings. The van der Waals surface area contributed by atoms with Crippen molar-refractivity contribution in [3.8, 4) is 0 Å². The number of carbonyl (C=O) groups excluding carboxylic acids is 1. The number of benzene rings is 2. The number of hydrogen-bond donors (Lipinski definition) is 1. The lowest BCUT2D eigenvalue weighted by Crippen LogP contribution is -2.24. The SMILES string of the molecule is O=C(NCc1ccccc1F)c1cccc(Cl)c1[N+](=O)[O-]. The normalized spacial score (nSPS) is 10.2. The minimum atomic E-state index is -0.722. The zero-order valence-electron chi connectivity index (χ0n) is 10.7. The van der Waals surface area contributed by atoms with Crippen LogP contribution in [-0.4, -0.2) is 10.8 Å². The molecule has 0 saturated carbocycles. The minimum Gasteiger partial charge on any atom is -0.348 e. The smallest absolute Gasteiger partial charge is 0.300 e. The molecule has 7 heteroatoms. The van der Waals surface area contributed by atoms with Crippen LogP contribution in [0.25, 0.3) is 0 Å². The van der Waals surface area contributed by atoms with Gasteiger partial charge in [-0.2, -0.15) is 0 Å². The molecule has 5 nitrogen and oxygen atoms in total. The van der Waals surface area contributed by atoms with E-state index in [1.807, 2.05) is 0 Å². The summed E-state index contributed by atoms with van der Waals surface area (Å²) >= 11 is 5.73. The molecule has 2 rings (SSSR count). The molecular weight excluding hydrogens is 299 g/mol. The van der Waals surface area contributed by atoms with E-state index in [4.69, 9.17) is 11.6 Å². The van der Waals surface area contributed by atoms with Gasteiger partial charge in [-0.1, -0.05) is 35.9 Å². The van der Waals surface area contributed by atoms with Gasteiger partial charge in [0.05, 0.1) is 4.92 Å². The summed E-state index contributed by atoms with van der Waals surface area (Å²) in [5, 5.41) is 13.3. The van der Waals surface area contributed by atoms with Gasteiger partial charge in [-0.05, 0) is 18.2 Å². The van der Waals surface area contributed by atoms with E-state index in [2.05, 4.69) is 5.32 Å². The first-order chi connectivity index (χ1) is 10.0. The number of rotatable bonds is 4. The minimum absolute atomic E-state index is 0.0742. The third kappa shape index (κ3) is 3.35. The van der Waals surface area contributed by atoms with Gasteiger partial charge in [0, 0.05) is 12.1 Å². The molecule has 0 unspecified atom stereocenters. The maximum atomic E-state index is 13.4. The van der Waals surface area contributed by atoms with Gasteiger partial charge in [-0.25, -0.2) is 4.39 Å². The Balaban J connectivity index is 2.20. The van der Waals surface area contributed by atoms with Gasteiger partial charge >= 0.3 is 5.69 Å². The number of nitrogens with zero attached hydrogens (tertiary/aromatic N) is 1. The van der Waals surface area contributed by atoms with Gasteiger partial charge in [0.1, 0.15) is 16.4 Å². The Labute approximate surface area is 124 Å². The molecule has 0 heterocycles. The summed E-state index contributed by atoms with van der Waals surface area (Å²) in [7, 11) is 0. The summed E-state index contributed by atoms with van der Waals surface area (Å²) in [5.74, 6) is -1.15. The van der Waals surface area contributed by atoms with E-state index in [-0.39, 0.29) is 22.7 Å². The number of para-hydroxylation sites is 1. The van der Waals surface area contributed by atoms with E-state index >= 15 is 0 Å². The van der Waals surface area contributed by atoms with Crippen LogP contribution in [-0.2, 0) is 6.54 Å². The largest absolute Gasteiger partial charge is 0.348 e. The summed E-state index contributed by atoms with van der Waals surface area (Å²) in [6.45, 7) is -0.0742. The Bertz CT molecular complexity index is 706. The van der Waals surface area contributed by atoms with Crippen molar-refractivity contribution in [3.05, 3.63) is 74.5 Å². The molecule has 21 heavy (non-hydrogen) atoms. The summed E-state index contributed by atoms with van der Waals surface area (Å²) in [6, 6.07) is 10.0. The highest BCUT2D eigenvalue weighted by molar-refractivity contribution is 6.33. The number of hydrogen-bond acceptors (Lipinski definition) is 3. The van der Waals surface area contributed by atoms with Crippen LogP contribution in [0.4, 0.5) is 10.1 Å². The summed E-state index contributed by atoms with van der Waals surface area (Å²) in [4.78, 5) is 22.2. The molecule has 1 N–H and O–H groups in total. The third-order valence-corrected chi connectivity index (χ3v) is 3.12. The van der Waals surface area contributed by atoms with Gasteiger partial charge in [0.15, 0.2) is 0 Å². The van der Waals surface area contributed by atoms with Crippen molar-refractivity contribution < 1.29 is 14.1 Å². The molecule has 0 radical (unpaired) electrons. The predicted octanol–water partition coefficient (Wildman–Crippen LogP) is 3.32. The van der Waals surface area contributed by atoms with Crippen LogP contribution in [0.1, 0.15) is 15.9 Å². The predicted molar refractivity (Wildman–Crippen MR) is 75.7 cm³/mol. The maximum Gasteiger partial charge on any atom is 0.300 e. The highest BCUT2D eigenvalue weighted by Gasteiger charge is 2.23. The van der Waals surface area contributed by atoms with Crippen molar-refractivity contribution in [1.29, 1.82) is 0 Å². The Morgan fingerprint density at radius 2 is 1.95 bits per heavy atom. The maximum absolute atomic E-state index is 13.4. The molecule has 0 saturated heterocycles. The van der Waals surface area contributed by atoms with Crippen molar-refractivity contribution in [2.45, 2.75) is 6.54 Å². The fourth-order valence-electron chi connectivity index (χ4n) is 1.80. The van der Waals surface area contributed by atoms with Crippen molar-refractivity contribution in [1.82, 2.24) is 5.32 Å². The molecule has 0 aliphatic heterocycles. The van der Waals surface area contributed by atoms with Crippen LogP contribution < -0.4 is 5.32 Å². The van der Waals surface area contributed by atoms with Gasteiger partial charge in [-0.3, -0.25) is 14.9 Å². The molecule has 0 aliphatic rings. The second kappa shape index (κ2) is 6.32. The average Bonchev–Trinajstić information content (AvgIpc) is 2.45. The Morgan fingerprint density at radius 1 is 1.24 bits per heavy atom. The van der Waals surface area contributed by atoms with E-state index in [9.17, 15) is 19.3 Å². The number of amides is 1.